The fraction of sp³-hybridized carbons (Fsp3) is 0.500. The average Bonchev–Trinajstić information content (AvgIpc) is 3.03. The summed E-state index contributed by atoms with van der Waals surface area (Å²) in [4.78, 5) is 15.0. The Morgan fingerprint density at radius 2 is 2.04 bits per heavy atom. The molecule has 2 heterocycles. The summed E-state index contributed by atoms with van der Waals surface area (Å²) < 4.78 is 2.04. The van der Waals surface area contributed by atoms with E-state index in [-0.39, 0.29) is 11.2 Å². The Morgan fingerprint density at radius 3 is 2.68 bits per heavy atom. The number of hydrogen-bond acceptors (Lipinski definition) is 4. The molecule has 0 N–H and O–H groups in total. The lowest BCUT2D eigenvalue weighted by atomic mass is 9.92. The van der Waals surface area contributed by atoms with Gasteiger partial charge in [0.05, 0.1) is 5.25 Å². The Balaban J connectivity index is 1.80. The van der Waals surface area contributed by atoms with E-state index in [0.717, 1.165) is 29.6 Å². The lowest BCUT2D eigenvalue weighted by Gasteiger charge is -2.36. The first kappa shape index (κ1) is 20.6. The van der Waals surface area contributed by atoms with Crippen LogP contribution in [0, 0.1) is 18.8 Å². The van der Waals surface area contributed by atoms with Crippen molar-refractivity contribution in [2.75, 3.05) is 13.1 Å². The quantitative estimate of drug-likeness (QED) is 0.534. The van der Waals surface area contributed by atoms with Crippen molar-refractivity contribution in [3.05, 3.63) is 42.5 Å². The Kier molecular flexibility index (Phi) is 6.60. The predicted molar refractivity (Wildman–Crippen MR) is 115 cm³/mol. The molecule has 6 heteroatoms. The molecule has 150 valence electrons. The summed E-state index contributed by atoms with van der Waals surface area (Å²) in [7, 11) is 0. The third-order valence-electron chi connectivity index (χ3n) is 5.12. The molecule has 28 heavy (non-hydrogen) atoms. The maximum atomic E-state index is 13.0. The van der Waals surface area contributed by atoms with Crippen LogP contribution < -0.4 is 0 Å². The molecule has 1 aliphatic heterocycles. The van der Waals surface area contributed by atoms with E-state index >= 15 is 0 Å². The van der Waals surface area contributed by atoms with Gasteiger partial charge in [-0.05, 0) is 38.2 Å². The molecule has 3 unspecified atom stereocenters. The average molecular weight is 399 g/mol. The van der Waals surface area contributed by atoms with Crippen molar-refractivity contribution in [2.24, 2.45) is 11.8 Å². The molecule has 1 aromatic carbocycles. The maximum Gasteiger partial charge on any atom is 0.235 e. The highest BCUT2D eigenvalue weighted by atomic mass is 32.2. The summed E-state index contributed by atoms with van der Waals surface area (Å²) in [5, 5.41) is 9.37. The fourth-order valence-corrected chi connectivity index (χ4v) is 4.92. The van der Waals surface area contributed by atoms with Gasteiger partial charge in [0.15, 0.2) is 11.0 Å². The topological polar surface area (TPSA) is 51.0 Å². The standard InChI is InChI=1S/C22H30N4OS/c1-6-10-26-20(19-9-7-8-15(2)12-19)23-24-22(26)28-18(5)21(27)25-13-16(3)11-17(4)14-25/h6-9,12,16-18H,1,10-11,13-14H2,2-5H3. The minimum Gasteiger partial charge on any atom is -0.341 e. The van der Waals surface area contributed by atoms with Crippen LogP contribution in [0.2, 0.25) is 0 Å². The maximum absolute atomic E-state index is 13.0. The van der Waals surface area contributed by atoms with Gasteiger partial charge in [-0.1, -0.05) is 55.4 Å². The molecule has 5 nitrogen and oxygen atoms in total. The molecule has 1 amide bonds. The Bertz CT molecular complexity index is 837. The van der Waals surface area contributed by atoms with Crippen LogP contribution in [0.25, 0.3) is 11.4 Å². The van der Waals surface area contributed by atoms with Crippen molar-refractivity contribution in [1.29, 1.82) is 0 Å². The largest absolute Gasteiger partial charge is 0.341 e. The van der Waals surface area contributed by atoms with Gasteiger partial charge in [-0.25, -0.2) is 0 Å². The molecule has 3 rings (SSSR count). The van der Waals surface area contributed by atoms with Crippen LogP contribution in [0.15, 0.2) is 42.1 Å². The van der Waals surface area contributed by atoms with Gasteiger partial charge < -0.3 is 4.90 Å². The van der Waals surface area contributed by atoms with E-state index in [4.69, 9.17) is 0 Å². The third kappa shape index (κ3) is 4.66. The van der Waals surface area contributed by atoms with E-state index in [1.807, 2.05) is 34.6 Å². The van der Waals surface area contributed by atoms with Crippen LogP contribution in [-0.2, 0) is 11.3 Å². The van der Waals surface area contributed by atoms with E-state index in [1.165, 1.54) is 23.7 Å². The molecule has 3 atom stereocenters. The van der Waals surface area contributed by atoms with E-state index in [1.54, 1.807) is 0 Å². The Morgan fingerprint density at radius 1 is 1.32 bits per heavy atom. The number of likely N-dealkylation sites (tertiary alicyclic amines) is 1. The smallest absolute Gasteiger partial charge is 0.235 e. The number of rotatable bonds is 6. The molecule has 1 aromatic heterocycles. The number of aromatic nitrogens is 3. The highest BCUT2D eigenvalue weighted by Gasteiger charge is 2.29. The van der Waals surface area contributed by atoms with Crippen LogP contribution in [0.5, 0.6) is 0 Å². The molecule has 1 fully saturated rings. The molecule has 0 aliphatic carbocycles. The number of amides is 1. The summed E-state index contributed by atoms with van der Waals surface area (Å²) in [6.45, 7) is 14.7. The lowest BCUT2D eigenvalue weighted by Crippen LogP contribution is -2.45. The zero-order valence-electron chi connectivity index (χ0n) is 17.3. The number of nitrogens with zero attached hydrogens (tertiary/aromatic N) is 4. The van der Waals surface area contributed by atoms with Crippen LogP contribution in [0.1, 0.15) is 32.8 Å². The zero-order chi connectivity index (χ0) is 20.3. The number of aryl methyl sites for hydroxylation is 1. The molecule has 0 saturated carbocycles. The monoisotopic (exact) mass is 398 g/mol. The first-order valence-corrected chi connectivity index (χ1v) is 10.8. The highest BCUT2D eigenvalue weighted by Crippen LogP contribution is 2.29. The zero-order valence-corrected chi connectivity index (χ0v) is 18.1. The predicted octanol–water partition coefficient (Wildman–Crippen LogP) is 4.42. The highest BCUT2D eigenvalue weighted by molar-refractivity contribution is 8.00. The molecular weight excluding hydrogens is 368 g/mol. The summed E-state index contributed by atoms with van der Waals surface area (Å²) in [5.41, 5.74) is 2.20. The van der Waals surface area contributed by atoms with E-state index in [9.17, 15) is 4.79 Å². The van der Waals surface area contributed by atoms with Gasteiger partial charge >= 0.3 is 0 Å². The van der Waals surface area contributed by atoms with Crippen molar-refractivity contribution < 1.29 is 4.79 Å². The van der Waals surface area contributed by atoms with Crippen LogP contribution in [0.4, 0.5) is 0 Å². The molecule has 0 spiro atoms. The second-order valence-corrected chi connectivity index (χ2v) is 9.33. The summed E-state index contributed by atoms with van der Waals surface area (Å²) in [5.74, 6) is 2.11. The van der Waals surface area contributed by atoms with Gasteiger partial charge in [-0.3, -0.25) is 9.36 Å². The molecular formula is C22H30N4OS. The van der Waals surface area contributed by atoms with E-state index < -0.39 is 0 Å². The normalized spacial score (nSPS) is 20.8. The number of thioether (sulfide) groups is 1. The first-order chi connectivity index (χ1) is 13.4. The lowest BCUT2D eigenvalue weighted by molar-refractivity contribution is -0.132. The first-order valence-electron chi connectivity index (χ1n) is 9.95. The minimum absolute atomic E-state index is 0.189. The number of benzene rings is 1. The summed E-state index contributed by atoms with van der Waals surface area (Å²) in [6.07, 6.45) is 3.03. The summed E-state index contributed by atoms with van der Waals surface area (Å²) >= 11 is 1.48. The fourth-order valence-electron chi connectivity index (χ4n) is 3.98. The van der Waals surface area contributed by atoms with Gasteiger partial charge in [-0.2, -0.15) is 0 Å². The Hall–Kier alpha value is -2.08. The number of carbonyl (C=O) groups is 1. The third-order valence-corrected chi connectivity index (χ3v) is 6.18. The number of carbonyl (C=O) groups excluding carboxylic acids is 1. The van der Waals surface area contributed by atoms with Gasteiger partial charge in [0, 0.05) is 25.2 Å². The number of piperidine rings is 1. The van der Waals surface area contributed by atoms with Crippen molar-refractivity contribution >= 4 is 17.7 Å². The van der Waals surface area contributed by atoms with Crippen LogP contribution in [-0.4, -0.2) is 43.9 Å². The van der Waals surface area contributed by atoms with Gasteiger partial charge in [-0.15, -0.1) is 16.8 Å². The van der Waals surface area contributed by atoms with Gasteiger partial charge in [0.1, 0.15) is 0 Å². The second kappa shape index (κ2) is 8.95. The van der Waals surface area contributed by atoms with Crippen LogP contribution >= 0.6 is 11.8 Å². The van der Waals surface area contributed by atoms with E-state index in [0.29, 0.717) is 18.4 Å². The summed E-state index contributed by atoms with van der Waals surface area (Å²) in [6, 6.07) is 8.23. The van der Waals surface area contributed by atoms with E-state index in [2.05, 4.69) is 49.7 Å². The van der Waals surface area contributed by atoms with Crippen molar-refractivity contribution in [2.45, 2.75) is 51.1 Å². The van der Waals surface area contributed by atoms with Gasteiger partial charge in [0.2, 0.25) is 5.91 Å². The molecule has 1 aliphatic rings. The van der Waals surface area contributed by atoms with Crippen LogP contribution in [0.3, 0.4) is 0 Å². The van der Waals surface area contributed by atoms with Crippen molar-refractivity contribution in [3.63, 3.8) is 0 Å². The molecule has 1 saturated heterocycles. The SMILES string of the molecule is C=CCn1c(SC(C)C(=O)N2CC(C)CC(C)C2)nnc1-c1cccc(C)c1. The minimum atomic E-state index is -0.198. The van der Waals surface area contributed by atoms with Gasteiger partial charge in [0.25, 0.3) is 0 Å². The second-order valence-electron chi connectivity index (χ2n) is 8.02. The number of hydrogen-bond donors (Lipinski definition) is 0. The molecule has 0 radical (unpaired) electrons. The number of allylic oxidation sites excluding steroid dienone is 1. The van der Waals surface area contributed by atoms with Crippen molar-refractivity contribution in [1.82, 2.24) is 19.7 Å². The molecule has 2 aromatic rings. The van der Waals surface area contributed by atoms with Crippen molar-refractivity contribution in [3.8, 4) is 11.4 Å². The Labute approximate surface area is 172 Å². The molecule has 0 bridgehead atoms.